The second-order valence-corrected chi connectivity index (χ2v) is 3.30. The minimum absolute atomic E-state index is 0.505. The number of aromatic nitrogens is 2. The van der Waals surface area contributed by atoms with Gasteiger partial charge in [0.1, 0.15) is 0 Å². The van der Waals surface area contributed by atoms with E-state index in [1.54, 1.807) is 18.3 Å². The molecule has 0 spiro atoms. The van der Waals surface area contributed by atoms with Gasteiger partial charge in [0.2, 0.25) is 5.91 Å². The van der Waals surface area contributed by atoms with Crippen LogP contribution in [0.2, 0.25) is 0 Å². The van der Waals surface area contributed by atoms with E-state index in [-0.39, 0.29) is 0 Å². The van der Waals surface area contributed by atoms with Crippen LogP contribution in [0.3, 0.4) is 0 Å². The predicted octanol–water partition coefficient (Wildman–Crippen LogP) is 1.14. The number of nitrogens with zero attached hydrogens (tertiary/aromatic N) is 1. The van der Waals surface area contributed by atoms with E-state index in [9.17, 15) is 9.59 Å². The van der Waals surface area contributed by atoms with E-state index in [2.05, 4.69) is 15.5 Å². The summed E-state index contributed by atoms with van der Waals surface area (Å²) in [5.41, 5.74) is 1.25. The van der Waals surface area contributed by atoms with Crippen molar-refractivity contribution in [1.29, 1.82) is 0 Å². The van der Waals surface area contributed by atoms with Gasteiger partial charge in [-0.05, 0) is 6.07 Å². The van der Waals surface area contributed by atoms with Crippen molar-refractivity contribution in [3.8, 4) is 0 Å². The Morgan fingerprint density at radius 1 is 1.35 bits per heavy atom. The summed E-state index contributed by atoms with van der Waals surface area (Å²) < 4.78 is 0. The van der Waals surface area contributed by atoms with Crippen LogP contribution < -0.4 is 5.32 Å². The second kappa shape index (κ2) is 4.48. The molecule has 86 valence electrons. The molecule has 6 heteroatoms. The van der Waals surface area contributed by atoms with Crippen LogP contribution in [0.1, 0.15) is 0 Å². The highest BCUT2D eigenvalue weighted by Crippen LogP contribution is 2.20. The fourth-order valence-electron chi connectivity index (χ4n) is 1.39. The molecule has 1 amide bonds. The van der Waals surface area contributed by atoms with Crippen LogP contribution in [0.25, 0.3) is 10.9 Å². The number of carbonyl (C=O) groups excluding carboxylic acids is 1. The first-order chi connectivity index (χ1) is 8.16. The minimum Gasteiger partial charge on any atom is -0.478 e. The molecule has 0 aliphatic carbocycles. The predicted molar refractivity (Wildman–Crippen MR) is 61.5 cm³/mol. The number of hydrogen-bond acceptors (Lipinski definition) is 3. The van der Waals surface area contributed by atoms with Crippen molar-refractivity contribution in [2.75, 3.05) is 5.32 Å². The molecular formula is C11H9N3O3. The Morgan fingerprint density at radius 2 is 2.18 bits per heavy atom. The highest BCUT2D eigenvalue weighted by Gasteiger charge is 2.04. The quantitative estimate of drug-likeness (QED) is 0.690. The zero-order chi connectivity index (χ0) is 12.3. The number of rotatable bonds is 3. The molecule has 0 aliphatic rings. The van der Waals surface area contributed by atoms with Gasteiger partial charge in [-0.25, -0.2) is 4.79 Å². The Hall–Kier alpha value is -2.63. The Morgan fingerprint density at radius 3 is 2.94 bits per heavy atom. The Bertz CT molecular complexity index is 601. The number of aliphatic carboxylic acids is 1. The summed E-state index contributed by atoms with van der Waals surface area (Å²) in [6, 6.07) is 5.32. The number of para-hydroxylation sites is 1. The first kappa shape index (κ1) is 10.9. The lowest BCUT2D eigenvalue weighted by Gasteiger charge is -2.02. The van der Waals surface area contributed by atoms with Crippen molar-refractivity contribution < 1.29 is 14.7 Å². The number of fused-ring (bicyclic) bond motifs is 1. The summed E-state index contributed by atoms with van der Waals surface area (Å²) in [4.78, 5) is 21.6. The first-order valence-corrected chi connectivity index (χ1v) is 4.81. The maximum absolute atomic E-state index is 11.4. The largest absolute Gasteiger partial charge is 0.478 e. The Balaban J connectivity index is 2.21. The van der Waals surface area contributed by atoms with E-state index in [1.807, 2.05) is 6.07 Å². The topological polar surface area (TPSA) is 95.1 Å². The lowest BCUT2D eigenvalue weighted by Crippen LogP contribution is -2.09. The molecule has 0 atom stereocenters. The molecular weight excluding hydrogens is 222 g/mol. The number of carbonyl (C=O) groups is 2. The van der Waals surface area contributed by atoms with Crippen molar-refractivity contribution >= 4 is 28.5 Å². The lowest BCUT2D eigenvalue weighted by atomic mass is 10.2. The molecule has 0 radical (unpaired) electrons. The number of aromatic amines is 1. The molecule has 3 N–H and O–H groups in total. The molecule has 0 unspecified atom stereocenters. The number of amides is 1. The molecule has 1 heterocycles. The molecule has 17 heavy (non-hydrogen) atoms. The van der Waals surface area contributed by atoms with Gasteiger partial charge in [-0.3, -0.25) is 9.89 Å². The van der Waals surface area contributed by atoms with Gasteiger partial charge in [0.05, 0.1) is 17.4 Å². The van der Waals surface area contributed by atoms with Gasteiger partial charge in [-0.1, -0.05) is 12.1 Å². The summed E-state index contributed by atoms with van der Waals surface area (Å²) >= 11 is 0. The molecule has 2 rings (SSSR count). The number of anilines is 1. The van der Waals surface area contributed by atoms with E-state index < -0.39 is 11.9 Å². The van der Waals surface area contributed by atoms with Crippen molar-refractivity contribution in [3.63, 3.8) is 0 Å². The lowest BCUT2D eigenvalue weighted by molar-refractivity contribution is -0.131. The normalized spacial score (nSPS) is 10.8. The maximum atomic E-state index is 11.4. The molecule has 0 saturated heterocycles. The van der Waals surface area contributed by atoms with E-state index in [0.717, 1.165) is 17.5 Å². The molecule has 0 fully saturated rings. The van der Waals surface area contributed by atoms with E-state index in [0.29, 0.717) is 11.2 Å². The monoisotopic (exact) mass is 231 g/mol. The number of nitrogens with one attached hydrogen (secondary N) is 2. The highest BCUT2D eigenvalue weighted by molar-refractivity contribution is 6.06. The zero-order valence-corrected chi connectivity index (χ0v) is 8.68. The van der Waals surface area contributed by atoms with Crippen molar-refractivity contribution in [3.05, 3.63) is 36.5 Å². The molecule has 2 aromatic rings. The van der Waals surface area contributed by atoms with Gasteiger partial charge < -0.3 is 10.4 Å². The van der Waals surface area contributed by atoms with Crippen LogP contribution in [0.15, 0.2) is 36.5 Å². The summed E-state index contributed by atoms with van der Waals surface area (Å²) in [5.74, 6) is -1.67. The van der Waals surface area contributed by atoms with Gasteiger partial charge in [0, 0.05) is 17.5 Å². The van der Waals surface area contributed by atoms with E-state index in [4.69, 9.17) is 5.11 Å². The summed E-state index contributed by atoms with van der Waals surface area (Å²) in [6.07, 6.45) is 3.37. The average Bonchev–Trinajstić information content (AvgIpc) is 2.75. The SMILES string of the molecule is O=C(O)/C=C/C(=O)Nc1cccc2cn[nH]c12. The molecule has 0 aliphatic heterocycles. The van der Waals surface area contributed by atoms with Gasteiger partial charge >= 0.3 is 5.97 Å². The van der Waals surface area contributed by atoms with Gasteiger partial charge in [-0.2, -0.15) is 5.10 Å². The van der Waals surface area contributed by atoms with Crippen LogP contribution >= 0.6 is 0 Å². The van der Waals surface area contributed by atoms with Crippen LogP contribution in [-0.2, 0) is 9.59 Å². The third-order valence-corrected chi connectivity index (χ3v) is 2.11. The summed E-state index contributed by atoms with van der Waals surface area (Å²) in [6.45, 7) is 0. The highest BCUT2D eigenvalue weighted by atomic mass is 16.4. The van der Waals surface area contributed by atoms with Gasteiger partial charge in [-0.15, -0.1) is 0 Å². The van der Waals surface area contributed by atoms with Crippen molar-refractivity contribution in [2.45, 2.75) is 0 Å². The van der Waals surface area contributed by atoms with E-state index >= 15 is 0 Å². The third kappa shape index (κ3) is 2.49. The summed E-state index contributed by atoms with van der Waals surface area (Å²) in [7, 11) is 0. The number of carboxylic acids is 1. The molecule has 1 aromatic heterocycles. The van der Waals surface area contributed by atoms with Crippen molar-refractivity contribution in [1.82, 2.24) is 10.2 Å². The smallest absolute Gasteiger partial charge is 0.328 e. The zero-order valence-electron chi connectivity index (χ0n) is 8.68. The first-order valence-electron chi connectivity index (χ1n) is 4.81. The van der Waals surface area contributed by atoms with Gasteiger partial charge in [0.25, 0.3) is 0 Å². The van der Waals surface area contributed by atoms with Crippen LogP contribution in [-0.4, -0.2) is 27.2 Å². The number of benzene rings is 1. The van der Waals surface area contributed by atoms with Crippen LogP contribution in [0.5, 0.6) is 0 Å². The molecule has 0 saturated carbocycles. The van der Waals surface area contributed by atoms with Gasteiger partial charge in [0.15, 0.2) is 0 Å². The Labute approximate surface area is 95.9 Å². The minimum atomic E-state index is -1.17. The fourth-order valence-corrected chi connectivity index (χ4v) is 1.39. The number of H-pyrrole nitrogens is 1. The van der Waals surface area contributed by atoms with Crippen LogP contribution in [0.4, 0.5) is 5.69 Å². The summed E-state index contributed by atoms with van der Waals surface area (Å²) in [5, 5.41) is 18.4. The second-order valence-electron chi connectivity index (χ2n) is 3.30. The third-order valence-electron chi connectivity index (χ3n) is 2.11. The Kier molecular flexibility index (Phi) is 2.87. The van der Waals surface area contributed by atoms with Crippen LogP contribution in [0, 0.1) is 0 Å². The number of carboxylic acid groups (broad SMARTS) is 1. The van der Waals surface area contributed by atoms with Crippen molar-refractivity contribution in [2.24, 2.45) is 0 Å². The van der Waals surface area contributed by atoms with E-state index in [1.165, 1.54) is 0 Å². The number of hydrogen-bond donors (Lipinski definition) is 3. The average molecular weight is 231 g/mol. The maximum Gasteiger partial charge on any atom is 0.328 e. The molecule has 6 nitrogen and oxygen atoms in total. The standard InChI is InChI=1S/C11H9N3O3/c15-9(4-5-10(16)17)13-8-3-1-2-7-6-12-14-11(7)8/h1-6H,(H,12,14)(H,13,15)(H,16,17)/b5-4+. The molecule has 0 bridgehead atoms. The molecule has 1 aromatic carbocycles. The fraction of sp³-hybridized carbons (Fsp3) is 0.